The first kappa shape index (κ1) is 13.4. The lowest BCUT2D eigenvalue weighted by Gasteiger charge is -2.23. The van der Waals surface area contributed by atoms with Gasteiger partial charge in [0.2, 0.25) is 0 Å². The van der Waals surface area contributed by atoms with Crippen molar-refractivity contribution in [2.24, 2.45) is 5.73 Å². The van der Waals surface area contributed by atoms with Gasteiger partial charge < -0.3 is 10.5 Å². The molecule has 2 N–H and O–H groups in total. The van der Waals surface area contributed by atoms with Gasteiger partial charge in [0, 0.05) is 12.1 Å². The number of hydrogen-bond donors (Lipinski definition) is 1. The van der Waals surface area contributed by atoms with Crippen LogP contribution in [-0.2, 0) is 17.6 Å². The summed E-state index contributed by atoms with van der Waals surface area (Å²) in [5, 5.41) is 0. The minimum atomic E-state index is -4.26. The van der Waals surface area contributed by atoms with E-state index in [1.807, 2.05) is 24.3 Å². The van der Waals surface area contributed by atoms with E-state index in [9.17, 15) is 13.2 Å². The number of halogens is 3. The molecule has 0 spiro atoms. The molecule has 0 amide bonds. The molecule has 0 heterocycles. The lowest BCUT2D eigenvalue weighted by Crippen LogP contribution is -2.42. The van der Waals surface area contributed by atoms with Gasteiger partial charge in [0.1, 0.15) is 6.61 Å². The minimum Gasteiger partial charge on any atom is -0.372 e. The molecule has 0 bridgehead atoms. The Morgan fingerprint density at radius 2 is 1.72 bits per heavy atom. The summed E-state index contributed by atoms with van der Waals surface area (Å²) in [6.07, 6.45) is -2.41. The van der Waals surface area contributed by atoms with E-state index in [2.05, 4.69) is 4.74 Å². The van der Waals surface area contributed by atoms with E-state index in [1.165, 1.54) is 11.1 Å². The second-order valence-electron chi connectivity index (χ2n) is 4.90. The van der Waals surface area contributed by atoms with Gasteiger partial charge >= 0.3 is 6.18 Å². The van der Waals surface area contributed by atoms with Gasteiger partial charge in [-0.05, 0) is 30.4 Å². The van der Waals surface area contributed by atoms with Crippen LogP contribution < -0.4 is 5.73 Å². The average molecular weight is 259 g/mol. The zero-order chi connectivity index (χ0) is 13.2. The normalized spacial score (nSPS) is 17.8. The van der Waals surface area contributed by atoms with Crippen LogP contribution in [0.25, 0.3) is 0 Å². The van der Waals surface area contributed by atoms with Crippen LogP contribution in [-0.4, -0.2) is 24.9 Å². The maximum Gasteiger partial charge on any atom is 0.411 e. The largest absolute Gasteiger partial charge is 0.411 e. The molecule has 0 aliphatic heterocycles. The fourth-order valence-electron chi connectivity index (χ4n) is 2.36. The Balaban J connectivity index is 1.81. The van der Waals surface area contributed by atoms with Crippen LogP contribution in [0, 0.1) is 0 Å². The van der Waals surface area contributed by atoms with Crippen molar-refractivity contribution in [2.75, 3.05) is 13.2 Å². The molecular formula is C13H16F3NO. The number of rotatable bonds is 4. The molecule has 1 aromatic carbocycles. The minimum absolute atomic E-state index is 0.0456. The molecule has 2 nitrogen and oxygen atoms in total. The lowest BCUT2D eigenvalue weighted by molar-refractivity contribution is -0.174. The van der Waals surface area contributed by atoms with Gasteiger partial charge in [0.05, 0.1) is 0 Å². The maximum atomic E-state index is 11.9. The van der Waals surface area contributed by atoms with E-state index in [0.29, 0.717) is 19.3 Å². The van der Waals surface area contributed by atoms with E-state index >= 15 is 0 Å². The van der Waals surface area contributed by atoms with Crippen LogP contribution in [0.2, 0.25) is 0 Å². The standard InChI is InChI=1S/C13H16F3NO/c14-13(15,16)9-18-6-5-12(17)7-10-3-1-2-4-11(10)8-12/h1-4H,5-9,17H2. The molecule has 0 atom stereocenters. The predicted octanol–water partition coefficient (Wildman–Crippen LogP) is 2.45. The van der Waals surface area contributed by atoms with Gasteiger partial charge in [-0.1, -0.05) is 24.3 Å². The highest BCUT2D eigenvalue weighted by Gasteiger charge is 2.33. The molecule has 1 aromatic rings. The summed E-state index contributed by atoms with van der Waals surface area (Å²) < 4.78 is 40.4. The third kappa shape index (κ3) is 3.46. The third-order valence-corrected chi connectivity index (χ3v) is 3.21. The van der Waals surface area contributed by atoms with Crippen molar-refractivity contribution < 1.29 is 17.9 Å². The van der Waals surface area contributed by atoms with Crippen molar-refractivity contribution in [3.63, 3.8) is 0 Å². The average Bonchev–Trinajstić information content (AvgIpc) is 2.60. The van der Waals surface area contributed by atoms with E-state index in [1.54, 1.807) is 0 Å². The topological polar surface area (TPSA) is 35.2 Å². The monoisotopic (exact) mass is 259 g/mol. The Kier molecular flexibility index (Phi) is 3.64. The lowest BCUT2D eigenvalue weighted by atomic mass is 9.93. The van der Waals surface area contributed by atoms with Crippen molar-refractivity contribution in [1.29, 1.82) is 0 Å². The van der Waals surface area contributed by atoms with Crippen molar-refractivity contribution in [1.82, 2.24) is 0 Å². The number of ether oxygens (including phenoxy) is 1. The molecule has 2 rings (SSSR count). The molecular weight excluding hydrogens is 243 g/mol. The molecule has 18 heavy (non-hydrogen) atoms. The van der Waals surface area contributed by atoms with Crippen LogP contribution in [0.3, 0.4) is 0 Å². The van der Waals surface area contributed by atoms with Gasteiger partial charge in [-0.15, -0.1) is 0 Å². The molecule has 0 saturated carbocycles. The second-order valence-corrected chi connectivity index (χ2v) is 4.90. The van der Waals surface area contributed by atoms with E-state index < -0.39 is 18.3 Å². The number of fused-ring (bicyclic) bond motifs is 1. The third-order valence-electron chi connectivity index (χ3n) is 3.21. The molecule has 0 aromatic heterocycles. The van der Waals surface area contributed by atoms with Crippen molar-refractivity contribution in [2.45, 2.75) is 31.0 Å². The SMILES string of the molecule is NC1(CCOCC(F)(F)F)Cc2ccccc2C1. The quantitative estimate of drug-likeness (QED) is 0.843. The van der Waals surface area contributed by atoms with Crippen molar-refractivity contribution in [3.05, 3.63) is 35.4 Å². The number of alkyl halides is 3. The summed E-state index contributed by atoms with van der Waals surface area (Å²) in [6.45, 7) is -1.15. The number of nitrogens with two attached hydrogens (primary N) is 1. The van der Waals surface area contributed by atoms with E-state index in [0.717, 1.165) is 0 Å². The van der Waals surface area contributed by atoms with E-state index in [4.69, 9.17) is 5.73 Å². The zero-order valence-electron chi connectivity index (χ0n) is 9.96. The Hall–Kier alpha value is -1.07. The molecule has 1 aliphatic carbocycles. The van der Waals surface area contributed by atoms with Gasteiger partial charge in [-0.3, -0.25) is 0 Å². The summed E-state index contributed by atoms with van der Waals surface area (Å²) >= 11 is 0. The second kappa shape index (κ2) is 4.90. The maximum absolute atomic E-state index is 11.9. The number of benzene rings is 1. The fraction of sp³-hybridized carbons (Fsp3) is 0.538. The van der Waals surface area contributed by atoms with Crippen LogP contribution in [0.15, 0.2) is 24.3 Å². The first-order valence-corrected chi connectivity index (χ1v) is 5.88. The highest BCUT2D eigenvalue weighted by Crippen LogP contribution is 2.30. The van der Waals surface area contributed by atoms with Gasteiger partial charge in [0.25, 0.3) is 0 Å². The van der Waals surface area contributed by atoms with Gasteiger partial charge in [0.15, 0.2) is 0 Å². The predicted molar refractivity (Wildman–Crippen MR) is 62.3 cm³/mol. The number of hydrogen-bond acceptors (Lipinski definition) is 2. The molecule has 0 radical (unpaired) electrons. The fourth-order valence-corrected chi connectivity index (χ4v) is 2.36. The Morgan fingerprint density at radius 3 is 2.22 bits per heavy atom. The Labute approximate surface area is 104 Å². The van der Waals surface area contributed by atoms with Gasteiger partial charge in [-0.25, -0.2) is 0 Å². The van der Waals surface area contributed by atoms with Crippen molar-refractivity contribution >= 4 is 0 Å². The molecule has 5 heteroatoms. The smallest absolute Gasteiger partial charge is 0.372 e. The summed E-state index contributed by atoms with van der Waals surface area (Å²) in [6, 6.07) is 7.93. The highest BCUT2D eigenvalue weighted by molar-refractivity contribution is 5.35. The molecule has 100 valence electrons. The summed E-state index contributed by atoms with van der Waals surface area (Å²) in [7, 11) is 0. The first-order chi connectivity index (χ1) is 8.38. The van der Waals surface area contributed by atoms with Crippen LogP contribution >= 0.6 is 0 Å². The van der Waals surface area contributed by atoms with E-state index in [-0.39, 0.29) is 6.61 Å². The Morgan fingerprint density at radius 1 is 1.17 bits per heavy atom. The van der Waals surface area contributed by atoms with Crippen LogP contribution in [0.1, 0.15) is 17.5 Å². The molecule has 0 fully saturated rings. The molecule has 1 aliphatic rings. The summed E-state index contributed by atoms with van der Waals surface area (Å²) in [5.74, 6) is 0. The van der Waals surface area contributed by atoms with Crippen LogP contribution in [0.5, 0.6) is 0 Å². The molecule has 0 unspecified atom stereocenters. The highest BCUT2D eigenvalue weighted by atomic mass is 19.4. The van der Waals surface area contributed by atoms with Crippen molar-refractivity contribution in [3.8, 4) is 0 Å². The molecule has 0 saturated heterocycles. The van der Waals surface area contributed by atoms with Crippen LogP contribution in [0.4, 0.5) is 13.2 Å². The zero-order valence-corrected chi connectivity index (χ0v) is 9.96. The first-order valence-electron chi connectivity index (χ1n) is 5.88. The summed E-state index contributed by atoms with van der Waals surface area (Å²) in [5.41, 5.74) is 8.12. The Bertz CT molecular complexity index is 392. The summed E-state index contributed by atoms with van der Waals surface area (Å²) in [4.78, 5) is 0. The van der Waals surface area contributed by atoms with Gasteiger partial charge in [-0.2, -0.15) is 13.2 Å².